The maximum absolute atomic E-state index is 12.0. The van der Waals surface area contributed by atoms with E-state index < -0.39 is 10.0 Å². The maximum Gasteiger partial charge on any atom is 0.240 e. The quantitative estimate of drug-likeness (QED) is 0.681. The summed E-state index contributed by atoms with van der Waals surface area (Å²) in [6, 6.07) is 6.60. The topological polar surface area (TPSA) is 75.3 Å². The van der Waals surface area contributed by atoms with Crippen LogP contribution in [0, 0.1) is 5.92 Å². The van der Waals surface area contributed by atoms with Gasteiger partial charge in [0.05, 0.1) is 4.90 Å². The van der Waals surface area contributed by atoms with Crippen molar-refractivity contribution in [1.82, 2.24) is 10.0 Å². The number of benzene rings is 1. The summed E-state index contributed by atoms with van der Waals surface area (Å²) < 4.78 is 26.5. The lowest BCUT2D eigenvalue weighted by molar-refractivity contribution is -0.121. The fraction of sp³-hybridized carbons (Fsp3) is 0.500. The molecule has 0 aliphatic carbocycles. The number of carbonyl (C=O) groups excluding carboxylic acids is 1. The van der Waals surface area contributed by atoms with Gasteiger partial charge in [0, 0.05) is 24.8 Å². The second-order valence-electron chi connectivity index (χ2n) is 5.12. The Bertz CT molecular complexity index is 556. The maximum atomic E-state index is 12.0. The minimum Gasteiger partial charge on any atom is -0.356 e. The molecule has 7 heteroatoms. The molecule has 21 heavy (non-hydrogen) atoms. The molecule has 0 unspecified atom stereocenters. The van der Waals surface area contributed by atoms with Gasteiger partial charge in [0.2, 0.25) is 15.9 Å². The van der Waals surface area contributed by atoms with Gasteiger partial charge in [0.25, 0.3) is 0 Å². The van der Waals surface area contributed by atoms with Crippen LogP contribution in [0.5, 0.6) is 0 Å². The van der Waals surface area contributed by atoms with Gasteiger partial charge in [-0.25, -0.2) is 13.1 Å². The van der Waals surface area contributed by atoms with E-state index in [1.807, 2.05) is 13.8 Å². The molecule has 0 bridgehead atoms. The predicted octanol–water partition coefficient (Wildman–Crippen LogP) is 2.02. The van der Waals surface area contributed by atoms with Crippen molar-refractivity contribution in [3.8, 4) is 0 Å². The molecule has 1 rings (SSSR count). The van der Waals surface area contributed by atoms with Crippen LogP contribution in [0.1, 0.15) is 25.8 Å². The van der Waals surface area contributed by atoms with Crippen molar-refractivity contribution in [2.24, 2.45) is 5.92 Å². The van der Waals surface area contributed by atoms with Gasteiger partial charge >= 0.3 is 0 Å². The first kappa shape index (κ1) is 18.1. The van der Waals surface area contributed by atoms with Crippen molar-refractivity contribution >= 4 is 31.9 Å². The number of amides is 1. The first-order valence-electron chi connectivity index (χ1n) is 6.76. The third-order valence-corrected chi connectivity index (χ3v) is 4.86. The molecule has 5 nitrogen and oxygen atoms in total. The lowest BCUT2D eigenvalue weighted by Gasteiger charge is -2.09. The van der Waals surface area contributed by atoms with E-state index >= 15 is 0 Å². The normalized spacial score (nSPS) is 11.6. The second kappa shape index (κ2) is 8.51. The first-order chi connectivity index (χ1) is 9.85. The SMILES string of the molecule is CC(C)CNC(=O)CCNS(=O)(=O)c1ccc(CBr)cc1. The molecule has 0 radical (unpaired) electrons. The number of hydrogen-bond acceptors (Lipinski definition) is 3. The molecule has 0 aliphatic heterocycles. The zero-order chi connectivity index (χ0) is 15.9. The molecule has 1 aromatic carbocycles. The van der Waals surface area contributed by atoms with E-state index in [2.05, 4.69) is 26.0 Å². The monoisotopic (exact) mass is 376 g/mol. The number of halogens is 1. The number of hydrogen-bond donors (Lipinski definition) is 2. The van der Waals surface area contributed by atoms with Crippen LogP contribution in [-0.2, 0) is 20.1 Å². The van der Waals surface area contributed by atoms with Crippen LogP contribution in [-0.4, -0.2) is 27.4 Å². The van der Waals surface area contributed by atoms with E-state index in [0.717, 1.165) is 5.56 Å². The third kappa shape index (κ3) is 6.58. The minimum atomic E-state index is -3.56. The smallest absolute Gasteiger partial charge is 0.240 e. The first-order valence-corrected chi connectivity index (χ1v) is 9.37. The van der Waals surface area contributed by atoms with E-state index in [1.54, 1.807) is 24.3 Å². The summed E-state index contributed by atoms with van der Waals surface area (Å²) in [5, 5.41) is 3.42. The summed E-state index contributed by atoms with van der Waals surface area (Å²) >= 11 is 3.31. The predicted molar refractivity (Wildman–Crippen MR) is 86.7 cm³/mol. The van der Waals surface area contributed by atoms with Crippen molar-refractivity contribution in [2.75, 3.05) is 13.1 Å². The number of alkyl halides is 1. The molecule has 1 aromatic rings. The van der Waals surface area contributed by atoms with Crippen LogP contribution in [0.25, 0.3) is 0 Å². The summed E-state index contributed by atoms with van der Waals surface area (Å²) in [5.41, 5.74) is 1.00. The zero-order valence-electron chi connectivity index (χ0n) is 12.2. The Morgan fingerprint density at radius 3 is 2.38 bits per heavy atom. The highest BCUT2D eigenvalue weighted by molar-refractivity contribution is 9.08. The van der Waals surface area contributed by atoms with Crippen LogP contribution in [0.4, 0.5) is 0 Å². The lowest BCUT2D eigenvalue weighted by Crippen LogP contribution is -2.32. The highest BCUT2D eigenvalue weighted by Gasteiger charge is 2.14. The number of rotatable bonds is 8. The number of nitrogens with one attached hydrogen (secondary N) is 2. The molecular weight excluding hydrogens is 356 g/mol. The Kier molecular flexibility index (Phi) is 7.34. The molecule has 0 saturated heterocycles. The van der Waals surface area contributed by atoms with Gasteiger partial charge in [-0.2, -0.15) is 0 Å². The molecule has 0 spiro atoms. The van der Waals surface area contributed by atoms with Gasteiger partial charge in [-0.3, -0.25) is 4.79 Å². The van der Waals surface area contributed by atoms with E-state index in [9.17, 15) is 13.2 Å². The van der Waals surface area contributed by atoms with Gasteiger partial charge in [-0.05, 0) is 23.6 Å². The Labute approximate surface area is 134 Å². The molecule has 0 heterocycles. The Hall–Kier alpha value is -0.920. The standard InChI is InChI=1S/C14H21BrN2O3S/c1-11(2)10-16-14(18)7-8-17-21(19,20)13-5-3-12(9-15)4-6-13/h3-6,11,17H,7-10H2,1-2H3,(H,16,18). The molecular formula is C14H21BrN2O3S. The van der Waals surface area contributed by atoms with Gasteiger partial charge in [0.15, 0.2) is 0 Å². The number of sulfonamides is 1. The highest BCUT2D eigenvalue weighted by atomic mass is 79.9. The van der Waals surface area contributed by atoms with Gasteiger partial charge < -0.3 is 5.32 Å². The molecule has 2 N–H and O–H groups in total. The van der Waals surface area contributed by atoms with Gasteiger partial charge in [0.1, 0.15) is 0 Å². The summed E-state index contributed by atoms with van der Waals surface area (Å²) in [6.45, 7) is 4.69. The van der Waals surface area contributed by atoms with Crippen molar-refractivity contribution in [3.63, 3.8) is 0 Å². The molecule has 0 saturated carbocycles. The largest absolute Gasteiger partial charge is 0.356 e. The van der Waals surface area contributed by atoms with Crippen LogP contribution >= 0.6 is 15.9 Å². The highest BCUT2D eigenvalue weighted by Crippen LogP contribution is 2.12. The van der Waals surface area contributed by atoms with Crippen LogP contribution in [0.3, 0.4) is 0 Å². The molecule has 118 valence electrons. The number of carbonyl (C=O) groups is 1. The lowest BCUT2D eigenvalue weighted by atomic mass is 10.2. The van der Waals surface area contributed by atoms with Crippen LogP contribution < -0.4 is 10.0 Å². The fourth-order valence-corrected chi connectivity index (χ4v) is 2.95. The molecule has 0 fully saturated rings. The van der Waals surface area contributed by atoms with E-state index in [-0.39, 0.29) is 23.8 Å². The fourth-order valence-electron chi connectivity index (χ4n) is 1.55. The van der Waals surface area contributed by atoms with Gasteiger partial charge in [-0.15, -0.1) is 0 Å². The minimum absolute atomic E-state index is 0.0897. The van der Waals surface area contributed by atoms with Crippen molar-refractivity contribution in [2.45, 2.75) is 30.5 Å². The summed E-state index contributed by atoms with van der Waals surface area (Å²) in [7, 11) is -3.56. The van der Waals surface area contributed by atoms with Crippen molar-refractivity contribution in [1.29, 1.82) is 0 Å². The Morgan fingerprint density at radius 2 is 1.86 bits per heavy atom. The van der Waals surface area contributed by atoms with Crippen molar-refractivity contribution < 1.29 is 13.2 Å². The van der Waals surface area contributed by atoms with E-state index in [0.29, 0.717) is 17.8 Å². The van der Waals surface area contributed by atoms with Crippen LogP contribution in [0.15, 0.2) is 29.2 Å². The zero-order valence-corrected chi connectivity index (χ0v) is 14.6. The second-order valence-corrected chi connectivity index (χ2v) is 7.45. The average molecular weight is 377 g/mol. The van der Waals surface area contributed by atoms with Gasteiger partial charge in [-0.1, -0.05) is 41.9 Å². The molecule has 0 aliphatic rings. The summed E-state index contributed by atoms with van der Waals surface area (Å²) in [4.78, 5) is 11.7. The Balaban J connectivity index is 2.47. The molecule has 0 aromatic heterocycles. The third-order valence-electron chi connectivity index (χ3n) is 2.74. The average Bonchev–Trinajstić information content (AvgIpc) is 2.45. The summed E-state index contributed by atoms with van der Waals surface area (Å²) in [5.74, 6) is 0.222. The Morgan fingerprint density at radius 1 is 1.24 bits per heavy atom. The van der Waals surface area contributed by atoms with E-state index in [1.165, 1.54) is 0 Å². The van der Waals surface area contributed by atoms with Crippen LogP contribution in [0.2, 0.25) is 0 Å². The van der Waals surface area contributed by atoms with E-state index in [4.69, 9.17) is 0 Å². The molecule has 0 atom stereocenters. The van der Waals surface area contributed by atoms with Crippen molar-refractivity contribution in [3.05, 3.63) is 29.8 Å². The summed E-state index contributed by atoms with van der Waals surface area (Å²) in [6.07, 6.45) is 0.130. The molecule has 1 amide bonds.